The highest BCUT2D eigenvalue weighted by Gasteiger charge is 2.03. The third-order valence-corrected chi connectivity index (χ3v) is 3.07. The number of anilines is 1. The predicted octanol–water partition coefficient (Wildman–Crippen LogP) is 3.93. The van der Waals surface area contributed by atoms with Gasteiger partial charge in [0, 0.05) is 6.54 Å². The van der Waals surface area contributed by atoms with E-state index in [9.17, 15) is 0 Å². The van der Waals surface area contributed by atoms with Crippen molar-refractivity contribution in [1.82, 2.24) is 9.97 Å². The number of aryl methyl sites for hydroxylation is 1. The summed E-state index contributed by atoms with van der Waals surface area (Å²) < 4.78 is 0. The van der Waals surface area contributed by atoms with E-state index in [4.69, 9.17) is 0 Å². The number of aromatic nitrogens is 2. The Kier molecular flexibility index (Phi) is 4.51. The van der Waals surface area contributed by atoms with Crippen molar-refractivity contribution in [2.45, 2.75) is 39.5 Å². The maximum absolute atomic E-state index is 4.62. The monoisotopic (exact) mass is 243 g/mol. The molecule has 0 radical (unpaired) electrons. The zero-order valence-electron chi connectivity index (χ0n) is 11.2. The van der Waals surface area contributed by atoms with Gasteiger partial charge in [-0.15, -0.1) is 0 Å². The summed E-state index contributed by atoms with van der Waals surface area (Å²) >= 11 is 0. The van der Waals surface area contributed by atoms with Crippen LogP contribution in [0.2, 0.25) is 0 Å². The standard InChI is InChI=1S/C15H21N3/c1-3-4-5-8-11-16-15-12(2)17-13-9-6-7-10-14(13)18-15/h6-7,9-10H,3-5,8,11H2,1-2H3,(H,16,18). The second-order valence-electron chi connectivity index (χ2n) is 4.63. The fraction of sp³-hybridized carbons (Fsp3) is 0.467. The summed E-state index contributed by atoms with van der Waals surface area (Å²) in [6.45, 7) is 5.22. The highest BCUT2D eigenvalue weighted by Crippen LogP contribution is 2.15. The largest absolute Gasteiger partial charge is 0.369 e. The first-order chi connectivity index (χ1) is 8.81. The molecule has 1 aromatic heterocycles. The SMILES string of the molecule is CCCCCCNc1nc2ccccc2nc1C. The molecule has 3 nitrogen and oxygen atoms in total. The molecule has 0 amide bonds. The second kappa shape index (κ2) is 6.34. The Morgan fingerprint density at radius 1 is 1.00 bits per heavy atom. The first-order valence-corrected chi connectivity index (χ1v) is 6.78. The number of rotatable bonds is 6. The van der Waals surface area contributed by atoms with Gasteiger partial charge in [0.1, 0.15) is 5.82 Å². The second-order valence-corrected chi connectivity index (χ2v) is 4.63. The van der Waals surface area contributed by atoms with E-state index in [1.807, 2.05) is 31.2 Å². The van der Waals surface area contributed by atoms with Gasteiger partial charge in [-0.3, -0.25) is 0 Å². The number of hydrogen-bond acceptors (Lipinski definition) is 3. The van der Waals surface area contributed by atoms with Crippen molar-refractivity contribution < 1.29 is 0 Å². The van der Waals surface area contributed by atoms with Crippen molar-refractivity contribution in [3.8, 4) is 0 Å². The Morgan fingerprint density at radius 3 is 2.44 bits per heavy atom. The molecule has 3 heteroatoms. The van der Waals surface area contributed by atoms with Gasteiger partial charge in [0.15, 0.2) is 0 Å². The topological polar surface area (TPSA) is 37.8 Å². The minimum Gasteiger partial charge on any atom is -0.369 e. The molecule has 2 aromatic rings. The molecule has 0 saturated heterocycles. The molecule has 0 aliphatic carbocycles. The summed E-state index contributed by atoms with van der Waals surface area (Å²) in [6, 6.07) is 8.00. The number of para-hydroxylation sites is 2. The van der Waals surface area contributed by atoms with Crippen LogP contribution in [0.1, 0.15) is 38.3 Å². The fourth-order valence-corrected chi connectivity index (χ4v) is 2.01. The van der Waals surface area contributed by atoms with Gasteiger partial charge in [-0.2, -0.15) is 0 Å². The van der Waals surface area contributed by atoms with Crippen molar-refractivity contribution in [1.29, 1.82) is 0 Å². The van der Waals surface area contributed by atoms with Crippen LogP contribution in [0.4, 0.5) is 5.82 Å². The van der Waals surface area contributed by atoms with Gasteiger partial charge in [-0.05, 0) is 25.5 Å². The lowest BCUT2D eigenvalue weighted by Gasteiger charge is -2.09. The fourth-order valence-electron chi connectivity index (χ4n) is 2.01. The highest BCUT2D eigenvalue weighted by molar-refractivity contribution is 5.76. The third kappa shape index (κ3) is 3.19. The van der Waals surface area contributed by atoms with Gasteiger partial charge >= 0.3 is 0 Å². The van der Waals surface area contributed by atoms with Crippen LogP contribution in [-0.4, -0.2) is 16.5 Å². The van der Waals surface area contributed by atoms with Crippen LogP contribution in [-0.2, 0) is 0 Å². The summed E-state index contributed by atoms with van der Waals surface area (Å²) in [6.07, 6.45) is 5.06. The van der Waals surface area contributed by atoms with E-state index in [1.54, 1.807) is 0 Å². The molecule has 1 heterocycles. The molecular formula is C15H21N3. The highest BCUT2D eigenvalue weighted by atomic mass is 15.0. The van der Waals surface area contributed by atoms with E-state index in [0.29, 0.717) is 0 Å². The lowest BCUT2D eigenvalue weighted by Crippen LogP contribution is -2.06. The summed E-state index contributed by atoms with van der Waals surface area (Å²) in [7, 11) is 0. The molecule has 0 spiro atoms. The molecule has 0 aliphatic heterocycles. The van der Waals surface area contributed by atoms with Crippen LogP contribution in [0.15, 0.2) is 24.3 Å². The zero-order chi connectivity index (χ0) is 12.8. The van der Waals surface area contributed by atoms with Crippen LogP contribution in [0.5, 0.6) is 0 Å². The van der Waals surface area contributed by atoms with Crippen LogP contribution in [0.25, 0.3) is 11.0 Å². The Hall–Kier alpha value is -1.64. The van der Waals surface area contributed by atoms with Gasteiger partial charge in [-0.1, -0.05) is 38.3 Å². The predicted molar refractivity (Wildman–Crippen MR) is 76.9 cm³/mol. The Balaban J connectivity index is 2.01. The minimum atomic E-state index is 0.921. The number of nitrogens with one attached hydrogen (secondary N) is 1. The molecule has 18 heavy (non-hydrogen) atoms. The molecule has 1 aromatic carbocycles. The zero-order valence-corrected chi connectivity index (χ0v) is 11.2. The van der Waals surface area contributed by atoms with Crippen molar-refractivity contribution >= 4 is 16.9 Å². The lowest BCUT2D eigenvalue weighted by molar-refractivity contribution is 0.684. The average molecular weight is 243 g/mol. The van der Waals surface area contributed by atoms with Gasteiger partial charge in [0.05, 0.1) is 16.7 Å². The molecule has 1 N–H and O–H groups in total. The minimum absolute atomic E-state index is 0.921. The number of unbranched alkanes of at least 4 members (excludes halogenated alkanes) is 3. The molecule has 0 saturated carbocycles. The average Bonchev–Trinajstić information content (AvgIpc) is 2.39. The maximum Gasteiger partial charge on any atom is 0.148 e. The van der Waals surface area contributed by atoms with Gasteiger partial charge in [-0.25, -0.2) is 9.97 Å². The lowest BCUT2D eigenvalue weighted by atomic mass is 10.2. The molecule has 0 fully saturated rings. The van der Waals surface area contributed by atoms with E-state index in [-0.39, 0.29) is 0 Å². The van der Waals surface area contributed by atoms with E-state index in [2.05, 4.69) is 22.2 Å². The van der Waals surface area contributed by atoms with Crippen molar-refractivity contribution in [3.05, 3.63) is 30.0 Å². The number of nitrogens with zero attached hydrogens (tertiary/aromatic N) is 2. The smallest absolute Gasteiger partial charge is 0.148 e. The van der Waals surface area contributed by atoms with Gasteiger partial charge in [0.2, 0.25) is 0 Å². The van der Waals surface area contributed by atoms with E-state index in [1.165, 1.54) is 25.7 Å². The quantitative estimate of drug-likeness (QED) is 0.781. The van der Waals surface area contributed by atoms with E-state index >= 15 is 0 Å². The van der Waals surface area contributed by atoms with Gasteiger partial charge < -0.3 is 5.32 Å². The maximum atomic E-state index is 4.62. The van der Waals surface area contributed by atoms with Crippen molar-refractivity contribution in [3.63, 3.8) is 0 Å². The van der Waals surface area contributed by atoms with Crippen LogP contribution < -0.4 is 5.32 Å². The Morgan fingerprint density at radius 2 is 1.72 bits per heavy atom. The number of hydrogen-bond donors (Lipinski definition) is 1. The summed E-state index contributed by atoms with van der Waals surface area (Å²) in [5.74, 6) is 0.921. The molecule has 0 bridgehead atoms. The summed E-state index contributed by atoms with van der Waals surface area (Å²) in [4.78, 5) is 9.18. The first kappa shape index (κ1) is 12.8. The molecule has 0 atom stereocenters. The molecule has 2 rings (SSSR count). The van der Waals surface area contributed by atoms with Crippen LogP contribution in [0, 0.1) is 6.92 Å². The summed E-state index contributed by atoms with van der Waals surface area (Å²) in [5.41, 5.74) is 2.90. The number of fused-ring (bicyclic) bond motifs is 1. The van der Waals surface area contributed by atoms with Crippen molar-refractivity contribution in [2.75, 3.05) is 11.9 Å². The Bertz CT molecular complexity index is 508. The van der Waals surface area contributed by atoms with Gasteiger partial charge in [0.25, 0.3) is 0 Å². The first-order valence-electron chi connectivity index (χ1n) is 6.78. The third-order valence-electron chi connectivity index (χ3n) is 3.07. The Labute approximate surface area is 109 Å². The molecular weight excluding hydrogens is 222 g/mol. The molecule has 0 aliphatic rings. The normalized spacial score (nSPS) is 10.8. The summed E-state index contributed by atoms with van der Waals surface area (Å²) in [5, 5.41) is 3.39. The van der Waals surface area contributed by atoms with Crippen LogP contribution in [0.3, 0.4) is 0 Å². The van der Waals surface area contributed by atoms with Crippen LogP contribution >= 0.6 is 0 Å². The number of benzene rings is 1. The molecule has 0 unspecified atom stereocenters. The van der Waals surface area contributed by atoms with Crippen molar-refractivity contribution in [2.24, 2.45) is 0 Å². The molecule has 96 valence electrons. The van der Waals surface area contributed by atoms with E-state index in [0.717, 1.165) is 29.1 Å². The van der Waals surface area contributed by atoms with E-state index < -0.39 is 0 Å².